The quantitative estimate of drug-likeness (QED) is 0.247. The third kappa shape index (κ3) is 8.20. The molecule has 1 aromatic heterocycles. The molecule has 0 atom stereocenters. The second-order valence-electron chi connectivity index (χ2n) is 7.23. The van der Waals surface area contributed by atoms with Gasteiger partial charge >= 0.3 is 0 Å². The molecule has 0 unspecified atom stereocenters. The van der Waals surface area contributed by atoms with Crippen molar-refractivity contribution < 1.29 is 4.74 Å². The van der Waals surface area contributed by atoms with Crippen molar-refractivity contribution in [1.82, 2.24) is 25.4 Å². The Kier molecular flexibility index (Phi) is 11.1. The molecule has 1 aromatic rings. The zero-order valence-electron chi connectivity index (χ0n) is 16.6. The lowest BCUT2D eigenvalue weighted by atomic mass is 10.1. The van der Waals surface area contributed by atoms with Crippen LogP contribution < -0.4 is 10.6 Å². The van der Waals surface area contributed by atoms with Gasteiger partial charge in [0.05, 0.1) is 6.61 Å². The molecule has 0 aromatic carbocycles. The van der Waals surface area contributed by atoms with E-state index in [4.69, 9.17) is 9.73 Å². The van der Waals surface area contributed by atoms with Crippen LogP contribution in [0.2, 0.25) is 0 Å². The van der Waals surface area contributed by atoms with Gasteiger partial charge in [-0.25, -0.2) is 4.99 Å². The van der Waals surface area contributed by atoms with Crippen LogP contribution in [-0.4, -0.2) is 46.5 Å². The fraction of sp³-hybridized carbons (Fsp3) is 0.833. The molecule has 1 aliphatic rings. The van der Waals surface area contributed by atoms with Crippen LogP contribution in [0.4, 0.5) is 0 Å². The van der Waals surface area contributed by atoms with Gasteiger partial charge in [-0.3, -0.25) is 0 Å². The Morgan fingerprint density at radius 2 is 2.00 bits per heavy atom. The van der Waals surface area contributed by atoms with Crippen LogP contribution in [-0.2, 0) is 18.3 Å². The third-order valence-electron chi connectivity index (χ3n) is 4.64. The largest absolute Gasteiger partial charge is 0.380 e. The first-order valence-corrected chi connectivity index (χ1v) is 9.53. The van der Waals surface area contributed by atoms with Gasteiger partial charge in [0.1, 0.15) is 12.4 Å². The van der Waals surface area contributed by atoms with E-state index in [0.29, 0.717) is 25.1 Å². The van der Waals surface area contributed by atoms with E-state index < -0.39 is 0 Å². The highest BCUT2D eigenvalue weighted by Gasteiger charge is 2.16. The van der Waals surface area contributed by atoms with Crippen LogP contribution in [0.25, 0.3) is 0 Å². The number of nitrogens with one attached hydrogen (secondary N) is 2. The smallest absolute Gasteiger partial charge is 0.192 e. The predicted molar refractivity (Wildman–Crippen MR) is 116 cm³/mol. The first-order chi connectivity index (χ1) is 12.1. The van der Waals surface area contributed by atoms with E-state index in [1.54, 1.807) is 0 Å². The molecule has 0 amide bonds. The molecule has 0 spiro atoms. The summed E-state index contributed by atoms with van der Waals surface area (Å²) in [6.45, 7) is 9.17. The number of hydrogen-bond acceptors (Lipinski definition) is 4. The molecule has 8 heteroatoms. The monoisotopic (exact) mass is 478 g/mol. The van der Waals surface area contributed by atoms with Crippen molar-refractivity contribution in [3.05, 3.63) is 11.6 Å². The third-order valence-corrected chi connectivity index (χ3v) is 4.64. The average molecular weight is 478 g/mol. The van der Waals surface area contributed by atoms with E-state index in [-0.39, 0.29) is 24.0 Å². The molecule has 0 saturated heterocycles. The number of rotatable bonds is 9. The SMILES string of the molecule is Cc1nnc(CN=C(NCCOCCC(C)C)NC2CCCC2)n1C.I. The number of aromatic nitrogens is 3. The molecule has 0 aliphatic heterocycles. The predicted octanol–water partition coefficient (Wildman–Crippen LogP) is 2.78. The molecule has 150 valence electrons. The summed E-state index contributed by atoms with van der Waals surface area (Å²) in [6, 6.07) is 0.523. The summed E-state index contributed by atoms with van der Waals surface area (Å²) in [7, 11) is 1.97. The Morgan fingerprint density at radius 3 is 2.62 bits per heavy atom. The maximum absolute atomic E-state index is 5.68. The van der Waals surface area contributed by atoms with Crippen LogP contribution >= 0.6 is 24.0 Å². The molecule has 1 aliphatic carbocycles. The highest BCUT2D eigenvalue weighted by Crippen LogP contribution is 2.17. The normalized spacial score (nSPS) is 15.3. The minimum atomic E-state index is 0. The standard InChI is InChI=1S/C18H34N6O.HI/c1-14(2)9-11-25-12-10-19-18(21-16-7-5-6-8-16)20-13-17-23-22-15(3)24(17)4;/h14,16H,5-13H2,1-4H3,(H2,19,20,21);1H. The van der Waals surface area contributed by atoms with E-state index >= 15 is 0 Å². The summed E-state index contributed by atoms with van der Waals surface area (Å²) in [4.78, 5) is 4.69. The number of guanidine groups is 1. The first kappa shape index (κ1) is 23.1. The summed E-state index contributed by atoms with van der Waals surface area (Å²) in [5, 5.41) is 15.2. The van der Waals surface area contributed by atoms with Crippen LogP contribution in [0, 0.1) is 12.8 Å². The van der Waals surface area contributed by atoms with Crippen molar-refractivity contribution in [3.8, 4) is 0 Å². The summed E-state index contributed by atoms with van der Waals surface area (Å²) in [6.07, 6.45) is 6.13. The molecular weight excluding hydrogens is 443 g/mol. The second-order valence-corrected chi connectivity index (χ2v) is 7.23. The average Bonchev–Trinajstić information content (AvgIpc) is 3.19. The van der Waals surface area contributed by atoms with E-state index in [1.165, 1.54) is 25.7 Å². The van der Waals surface area contributed by atoms with Gasteiger partial charge in [-0.1, -0.05) is 26.7 Å². The first-order valence-electron chi connectivity index (χ1n) is 9.53. The number of ether oxygens (including phenoxy) is 1. The fourth-order valence-corrected chi connectivity index (χ4v) is 2.82. The van der Waals surface area contributed by atoms with Gasteiger partial charge in [-0.15, -0.1) is 34.2 Å². The molecule has 2 rings (SSSR count). The molecule has 2 N–H and O–H groups in total. The van der Waals surface area contributed by atoms with Crippen LogP contribution in [0.3, 0.4) is 0 Å². The van der Waals surface area contributed by atoms with Crippen LogP contribution in [0.1, 0.15) is 57.6 Å². The van der Waals surface area contributed by atoms with E-state index in [1.807, 2.05) is 18.5 Å². The number of aliphatic imine (C=N–C) groups is 1. The van der Waals surface area contributed by atoms with Crippen molar-refractivity contribution in [2.45, 2.75) is 65.5 Å². The van der Waals surface area contributed by atoms with Crippen LogP contribution in [0.5, 0.6) is 0 Å². The molecule has 0 radical (unpaired) electrons. The van der Waals surface area contributed by atoms with Crippen molar-refractivity contribution in [3.63, 3.8) is 0 Å². The molecule has 26 heavy (non-hydrogen) atoms. The van der Waals surface area contributed by atoms with Crippen molar-refractivity contribution in [2.24, 2.45) is 18.0 Å². The van der Waals surface area contributed by atoms with Gasteiger partial charge in [0, 0.05) is 26.2 Å². The van der Waals surface area contributed by atoms with Gasteiger partial charge in [0.25, 0.3) is 0 Å². The van der Waals surface area contributed by atoms with Crippen LogP contribution in [0.15, 0.2) is 4.99 Å². The summed E-state index contributed by atoms with van der Waals surface area (Å²) in [5.74, 6) is 3.31. The number of nitrogens with zero attached hydrogens (tertiary/aromatic N) is 4. The molecule has 1 heterocycles. The highest BCUT2D eigenvalue weighted by molar-refractivity contribution is 14.0. The Balaban J connectivity index is 0.00000338. The minimum Gasteiger partial charge on any atom is -0.380 e. The molecule has 0 bridgehead atoms. The zero-order valence-corrected chi connectivity index (χ0v) is 19.0. The molecular formula is C18H35IN6O. The Hall–Kier alpha value is -0.900. The lowest BCUT2D eigenvalue weighted by Gasteiger charge is -2.17. The number of hydrogen-bond donors (Lipinski definition) is 2. The van der Waals surface area contributed by atoms with E-state index in [2.05, 4.69) is 34.7 Å². The summed E-state index contributed by atoms with van der Waals surface area (Å²) in [5.41, 5.74) is 0. The molecule has 1 saturated carbocycles. The molecule has 1 fully saturated rings. The van der Waals surface area contributed by atoms with E-state index in [9.17, 15) is 0 Å². The fourth-order valence-electron chi connectivity index (χ4n) is 2.82. The maximum Gasteiger partial charge on any atom is 0.192 e. The second kappa shape index (κ2) is 12.5. The Morgan fingerprint density at radius 1 is 1.27 bits per heavy atom. The van der Waals surface area contributed by atoms with Crippen molar-refractivity contribution >= 4 is 29.9 Å². The lowest BCUT2D eigenvalue weighted by molar-refractivity contribution is 0.128. The van der Waals surface area contributed by atoms with Gasteiger partial charge < -0.3 is 19.9 Å². The van der Waals surface area contributed by atoms with Gasteiger partial charge in [-0.2, -0.15) is 0 Å². The Bertz CT molecular complexity index is 540. The molecule has 7 nitrogen and oxygen atoms in total. The van der Waals surface area contributed by atoms with Gasteiger partial charge in [0.2, 0.25) is 0 Å². The van der Waals surface area contributed by atoms with E-state index in [0.717, 1.165) is 37.2 Å². The van der Waals surface area contributed by atoms with Gasteiger partial charge in [-0.05, 0) is 32.1 Å². The lowest BCUT2D eigenvalue weighted by Crippen LogP contribution is -2.43. The van der Waals surface area contributed by atoms with Gasteiger partial charge in [0.15, 0.2) is 11.8 Å². The highest BCUT2D eigenvalue weighted by atomic mass is 127. The summed E-state index contributed by atoms with van der Waals surface area (Å²) >= 11 is 0. The van der Waals surface area contributed by atoms with Crippen molar-refractivity contribution in [1.29, 1.82) is 0 Å². The summed E-state index contributed by atoms with van der Waals surface area (Å²) < 4.78 is 7.66. The zero-order chi connectivity index (χ0) is 18.1. The topological polar surface area (TPSA) is 76.4 Å². The number of halogens is 1. The maximum atomic E-state index is 5.68. The Labute approximate surface area is 174 Å². The minimum absolute atomic E-state index is 0. The number of aryl methyl sites for hydroxylation is 1. The van der Waals surface area contributed by atoms with Crippen molar-refractivity contribution in [2.75, 3.05) is 19.8 Å².